The predicted molar refractivity (Wildman–Crippen MR) is 88.4 cm³/mol. The van der Waals surface area contributed by atoms with Gasteiger partial charge < -0.3 is 5.73 Å². The number of amides is 1. The van der Waals surface area contributed by atoms with Gasteiger partial charge in [-0.05, 0) is 34.2 Å². The van der Waals surface area contributed by atoms with Crippen LogP contribution >= 0.6 is 11.3 Å². The molecule has 0 fully saturated rings. The van der Waals surface area contributed by atoms with Crippen LogP contribution in [0.5, 0.6) is 0 Å². The lowest BCUT2D eigenvalue weighted by Gasteiger charge is -2.06. The first kappa shape index (κ1) is 14.1. The van der Waals surface area contributed by atoms with Crippen molar-refractivity contribution in [2.24, 2.45) is 5.73 Å². The summed E-state index contributed by atoms with van der Waals surface area (Å²) in [5.41, 5.74) is 9.38. The fourth-order valence-electron chi connectivity index (χ4n) is 2.36. The molecular weight excluding hydrogens is 292 g/mol. The van der Waals surface area contributed by atoms with Crippen LogP contribution in [0.2, 0.25) is 0 Å². The van der Waals surface area contributed by atoms with Crippen molar-refractivity contribution in [1.82, 2.24) is 0 Å². The monoisotopic (exact) mass is 304 g/mol. The van der Waals surface area contributed by atoms with Crippen molar-refractivity contribution in [2.75, 3.05) is 0 Å². The van der Waals surface area contributed by atoms with Crippen LogP contribution in [-0.4, -0.2) is 5.91 Å². The zero-order chi connectivity index (χ0) is 15.5. The van der Waals surface area contributed by atoms with Gasteiger partial charge in [0.1, 0.15) is 0 Å². The third-order valence-corrected chi connectivity index (χ3v) is 4.40. The maximum atomic E-state index is 11.4. The van der Waals surface area contributed by atoms with Gasteiger partial charge in [-0.3, -0.25) is 4.79 Å². The molecule has 106 valence electrons. The minimum Gasteiger partial charge on any atom is -0.366 e. The van der Waals surface area contributed by atoms with E-state index in [0.717, 1.165) is 21.6 Å². The molecule has 0 spiro atoms. The minimum atomic E-state index is -0.421. The number of primary amides is 1. The van der Waals surface area contributed by atoms with Crippen LogP contribution in [0.15, 0.2) is 60.0 Å². The molecule has 22 heavy (non-hydrogen) atoms. The van der Waals surface area contributed by atoms with Crippen molar-refractivity contribution in [3.05, 3.63) is 71.1 Å². The molecule has 4 heteroatoms. The molecule has 0 aliphatic rings. The van der Waals surface area contributed by atoms with Gasteiger partial charge in [0.15, 0.2) is 0 Å². The highest BCUT2D eigenvalue weighted by atomic mass is 32.1. The van der Waals surface area contributed by atoms with Crippen LogP contribution in [0.4, 0.5) is 0 Å². The highest BCUT2D eigenvalue weighted by Gasteiger charge is 2.12. The van der Waals surface area contributed by atoms with E-state index < -0.39 is 5.91 Å². The average Bonchev–Trinajstić information content (AvgIpc) is 3.05. The van der Waals surface area contributed by atoms with Gasteiger partial charge in [0, 0.05) is 4.88 Å². The predicted octanol–water partition coefficient (Wildman–Crippen LogP) is 4.05. The second-order valence-corrected chi connectivity index (χ2v) is 5.68. The molecule has 1 aromatic heterocycles. The van der Waals surface area contributed by atoms with Gasteiger partial charge in [0.2, 0.25) is 5.91 Å². The summed E-state index contributed by atoms with van der Waals surface area (Å²) in [5, 5.41) is 11.0. The number of nitrogens with two attached hydrogens (primary N) is 1. The summed E-state index contributed by atoms with van der Waals surface area (Å²) >= 11 is 1.49. The first-order valence-electron chi connectivity index (χ1n) is 6.68. The van der Waals surface area contributed by atoms with Gasteiger partial charge in [-0.1, -0.05) is 42.5 Å². The highest BCUT2D eigenvalue weighted by Crippen LogP contribution is 2.31. The van der Waals surface area contributed by atoms with Crippen molar-refractivity contribution in [2.45, 2.75) is 0 Å². The Hall–Kier alpha value is -2.90. The summed E-state index contributed by atoms with van der Waals surface area (Å²) in [4.78, 5) is 12.3. The Morgan fingerprint density at radius 2 is 1.68 bits per heavy atom. The Kier molecular flexibility index (Phi) is 3.73. The number of benzene rings is 2. The van der Waals surface area contributed by atoms with Gasteiger partial charge in [-0.25, -0.2) is 0 Å². The molecule has 0 saturated heterocycles. The van der Waals surface area contributed by atoms with E-state index in [9.17, 15) is 10.1 Å². The molecule has 0 radical (unpaired) electrons. The number of rotatable bonds is 3. The number of carbonyl (C=O) groups is 1. The Morgan fingerprint density at radius 3 is 2.36 bits per heavy atom. The molecule has 0 atom stereocenters. The standard InChI is InChI=1S/C18H12N2OS/c19-11-14-3-1-2-4-15(14)12-5-7-13(8-6-12)17-16(18(20)21)9-10-22-17/h1-10H,(H2,20,21). The highest BCUT2D eigenvalue weighted by molar-refractivity contribution is 7.14. The number of nitrogens with zero attached hydrogens (tertiary/aromatic N) is 1. The molecule has 0 aliphatic heterocycles. The topological polar surface area (TPSA) is 66.9 Å². The normalized spacial score (nSPS) is 10.1. The molecule has 0 aliphatic carbocycles. The Bertz CT molecular complexity index is 873. The van der Waals surface area contributed by atoms with E-state index in [0.29, 0.717) is 11.1 Å². The molecule has 3 aromatic rings. The third-order valence-electron chi connectivity index (χ3n) is 3.44. The molecular formula is C18H12N2OS. The molecule has 1 heterocycles. The summed E-state index contributed by atoms with van der Waals surface area (Å²) in [6, 6.07) is 19.2. The van der Waals surface area contributed by atoms with Crippen LogP contribution in [0.25, 0.3) is 21.6 Å². The van der Waals surface area contributed by atoms with Crippen LogP contribution < -0.4 is 5.73 Å². The fraction of sp³-hybridized carbons (Fsp3) is 0. The molecule has 2 N–H and O–H groups in total. The lowest BCUT2D eigenvalue weighted by molar-refractivity contribution is 0.100. The molecule has 0 bridgehead atoms. The zero-order valence-electron chi connectivity index (χ0n) is 11.6. The number of nitriles is 1. The van der Waals surface area contributed by atoms with E-state index in [2.05, 4.69) is 6.07 Å². The van der Waals surface area contributed by atoms with Gasteiger partial charge in [-0.2, -0.15) is 5.26 Å². The molecule has 1 amide bonds. The SMILES string of the molecule is N#Cc1ccccc1-c1ccc(-c2sccc2C(N)=O)cc1. The number of thiophene rings is 1. The largest absolute Gasteiger partial charge is 0.366 e. The van der Waals surface area contributed by atoms with Crippen molar-refractivity contribution >= 4 is 17.2 Å². The fourth-order valence-corrected chi connectivity index (χ4v) is 3.27. The molecule has 3 rings (SSSR count). The van der Waals surface area contributed by atoms with Crippen molar-refractivity contribution in [3.63, 3.8) is 0 Å². The Balaban J connectivity index is 2.02. The van der Waals surface area contributed by atoms with Gasteiger partial charge in [0.05, 0.1) is 17.2 Å². The first-order chi connectivity index (χ1) is 10.7. The molecule has 3 nitrogen and oxygen atoms in total. The van der Waals surface area contributed by atoms with E-state index >= 15 is 0 Å². The summed E-state index contributed by atoms with van der Waals surface area (Å²) in [6.45, 7) is 0. The second-order valence-electron chi connectivity index (χ2n) is 4.76. The quantitative estimate of drug-likeness (QED) is 0.793. The maximum Gasteiger partial charge on any atom is 0.250 e. The van der Waals surface area contributed by atoms with E-state index in [4.69, 9.17) is 5.73 Å². The summed E-state index contributed by atoms with van der Waals surface area (Å²) in [5.74, 6) is -0.421. The van der Waals surface area contributed by atoms with E-state index in [1.165, 1.54) is 11.3 Å². The average molecular weight is 304 g/mol. The van der Waals surface area contributed by atoms with Gasteiger partial charge in [0.25, 0.3) is 0 Å². The summed E-state index contributed by atoms with van der Waals surface area (Å²) in [6.07, 6.45) is 0. The zero-order valence-corrected chi connectivity index (χ0v) is 12.4. The van der Waals surface area contributed by atoms with E-state index in [1.807, 2.05) is 47.8 Å². The molecule has 2 aromatic carbocycles. The van der Waals surface area contributed by atoms with Crippen LogP contribution in [0, 0.1) is 11.3 Å². The lowest BCUT2D eigenvalue weighted by Crippen LogP contribution is -2.10. The van der Waals surface area contributed by atoms with Crippen molar-refractivity contribution in [3.8, 4) is 27.6 Å². The Labute approximate surface area is 132 Å². The van der Waals surface area contributed by atoms with Crippen molar-refractivity contribution in [1.29, 1.82) is 5.26 Å². The smallest absolute Gasteiger partial charge is 0.250 e. The third kappa shape index (κ3) is 2.50. The van der Waals surface area contributed by atoms with Gasteiger partial charge >= 0.3 is 0 Å². The minimum absolute atomic E-state index is 0.421. The van der Waals surface area contributed by atoms with Crippen molar-refractivity contribution < 1.29 is 4.79 Å². The maximum absolute atomic E-state index is 11.4. The number of hydrogen-bond acceptors (Lipinski definition) is 3. The van der Waals surface area contributed by atoms with Crippen LogP contribution in [0.1, 0.15) is 15.9 Å². The van der Waals surface area contributed by atoms with Gasteiger partial charge in [-0.15, -0.1) is 11.3 Å². The second kappa shape index (κ2) is 5.84. The Morgan fingerprint density at radius 1 is 1.00 bits per heavy atom. The summed E-state index contributed by atoms with van der Waals surface area (Å²) in [7, 11) is 0. The molecule has 0 unspecified atom stereocenters. The number of carbonyl (C=O) groups excluding carboxylic acids is 1. The number of hydrogen-bond donors (Lipinski definition) is 1. The van der Waals surface area contributed by atoms with Crippen LogP contribution in [-0.2, 0) is 0 Å². The summed E-state index contributed by atoms with van der Waals surface area (Å²) < 4.78 is 0. The van der Waals surface area contributed by atoms with E-state index in [-0.39, 0.29) is 0 Å². The van der Waals surface area contributed by atoms with Crippen LogP contribution in [0.3, 0.4) is 0 Å². The molecule has 0 saturated carbocycles. The first-order valence-corrected chi connectivity index (χ1v) is 7.56. The van der Waals surface area contributed by atoms with E-state index in [1.54, 1.807) is 12.1 Å². The lowest BCUT2D eigenvalue weighted by atomic mass is 9.98.